The summed E-state index contributed by atoms with van der Waals surface area (Å²) in [4.78, 5) is 58.6. The minimum absolute atomic E-state index is 0.0397. The maximum Gasteiger partial charge on any atom is 0.246 e. The van der Waals surface area contributed by atoms with Crippen molar-refractivity contribution in [1.29, 1.82) is 5.26 Å². The number of fused-ring (bicyclic) bond motifs is 4. The van der Waals surface area contributed by atoms with Crippen LogP contribution in [0, 0.1) is 39.9 Å². The van der Waals surface area contributed by atoms with E-state index < -0.39 is 29.0 Å². The summed E-state index contributed by atoms with van der Waals surface area (Å²) in [6.07, 6.45) is 6.54. The Morgan fingerprint density at radius 2 is 1.87 bits per heavy atom. The second kappa shape index (κ2) is 12.1. The molecule has 45 heavy (non-hydrogen) atoms. The number of anilines is 1. The van der Waals surface area contributed by atoms with Crippen LogP contribution in [-0.2, 0) is 24.6 Å². The standard InChI is InChI=1S/C36H51N5O4/c1-8-24-14-25-13-22(2)15-35(16-24,17-25)32(44)38-23(3)30(42)40(7)29(19-34(4,5)6)31(43)41-21-36(18-26(41)20-37)27-11-9-10-12-28(27)39-33(36)45/h9-12,22-26,29H,8,13-19,21H2,1-7H3,(H,38,44)(H,39,45)/t22?,23-,24?,25?,26-,29-,35?,36-/m0/s1. The van der Waals surface area contributed by atoms with Crippen molar-refractivity contribution < 1.29 is 19.2 Å². The predicted octanol–water partition coefficient (Wildman–Crippen LogP) is 5.01. The first-order chi connectivity index (χ1) is 21.1. The van der Waals surface area contributed by atoms with Crippen LogP contribution in [-0.4, -0.2) is 65.1 Å². The van der Waals surface area contributed by atoms with Crippen molar-refractivity contribution in [2.45, 2.75) is 116 Å². The summed E-state index contributed by atoms with van der Waals surface area (Å²) in [6, 6.07) is 7.21. The van der Waals surface area contributed by atoms with Crippen molar-refractivity contribution in [2.75, 3.05) is 18.9 Å². The highest BCUT2D eigenvalue weighted by Gasteiger charge is 2.57. The van der Waals surface area contributed by atoms with Crippen LogP contribution in [0.25, 0.3) is 0 Å². The monoisotopic (exact) mass is 617 g/mol. The van der Waals surface area contributed by atoms with E-state index >= 15 is 0 Å². The van der Waals surface area contributed by atoms with E-state index in [-0.39, 0.29) is 42.0 Å². The normalized spacial score (nSPS) is 31.9. The summed E-state index contributed by atoms with van der Waals surface area (Å²) in [5.74, 6) is 0.612. The number of likely N-dealkylation sites (N-methyl/N-ethyl adjacent to an activating group) is 1. The van der Waals surface area contributed by atoms with E-state index in [0.29, 0.717) is 29.9 Å². The number of hydrogen-bond acceptors (Lipinski definition) is 5. The first-order valence-corrected chi connectivity index (χ1v) is 16.8. The van der Waals surface area contributed by atoms with Crippen LogP contribution in [0.15, 0.2) is 24.3 Å². The molecule has 0 aromatic heterocycles. The summed E-state index contributed by atoms with van der Waals surface area (Å²) in [5, 5.41) is 16.2. The van der Waals surface area contributed by atoms with E-state index in [1.165, 1.54) is 16.2 Å². The van der Waals surface area contributed by atoms with Crippen molar-refractivity contribution >= 4 is 29.3 Å². The predicted molar refractivity (Wildman–Crippen MR) is 173 cm³/mol. The molecule has 0 radical (unpaired) electrons. The van der Waals surface area contributed by atoms with E-state index in [1.807, 2.05) is 45.0 Å². The molecule has 1 aromatic carbocycles. The largest absolute Gasteiger partial charge is 0.344 e. The highest BCUT2D eigenvalue weighted by atomic mass is 16.2. The van der Waals surface area contributed by atoms with Gasteiger partial charge in [-0.1, -0.05) is 59.2 Å². The molecule has 9 heteroatoms. The summed E-state index contributed by atoms with van der Waals surface area (Å²) >= 11 is 0. The Hall–Kier alpha value is -3.41. The third-order valence-electron chi connectivity index (χ3n) is 11.1. The molecule has 1 spiro atoms. The minimum Gasteiger partial charge on any atom is -0.344 e. The van der Waals surface area contributed by atoms with Gasteiger partial charge in [0.2, 0.25) is 23.6 Å². The van der Waals surface area contributed by atoms with E-state index in [0.717, 1.165) is 37.7 Å². The molecule has 3 fully saturated rings. The lowest BCUT2D eigenvalue weighted by Crippen LogP contribution is -2.58. The van der Waals surface area contributed by atoms with Crippen molar-refractivity contribution in [3.63, 3.8) is 0 Å². The number of carbonyl (C=O) groups is 4. The van der Waals surface area contributed by atoms with Crippen LogP contribution in [0.2, 0.25) is 0 Å². The van der Waals surface area contributed by atoms with Crippen LogP contribution < -0.4 is 10.6 Å². The lowest BCUT2D eigenvalue weighted by Gasteiger charge is -2.49. The average Bonchev–Trinajstić information content (AvgIpc) is 3.51. The van der Waals surface area contributed by atoms with Gasteiger partial charge in [0.1, 0.15) is 18.1 Å². The number of rotatable bonds is 7. The van der Waals surface area contributed by atoms with Gasteiger partial charge < -0.3 is 20.4 Å². The second-order valence-electron chi connectivity index (χ2n) is 15.9. The van der Waals surface area contributed by atoms with Crippen molar-refractivity contribution in [1.82, 2.24) is 15.1 Å². The molecule has 2 heterocycles. The third kappa shape index (κ3) is 6.09. The topological polar surface area (TPSA) is 123 Å². The lowest BCUT2D eigenvalue weighted by molar-refractivity contribution is -0.149. The fraction of sp³-hybridized carbons (Fsp3) is 0.694. The number of hydrogen-bond donors (Lipinski definition) is 2. The molecule has 4 aliphatic rings. The number of benzene rings is 1. The zero-order valence-electron chi connectivity index (χ0n) is 28.1. The number of nitrogens with zero attached hydrogens (tertiary/aromatic N) is 3. The molecular formula is C36H51N5O4. The van der Waals surface area contributed by atoms with Gasteiger partial charge in [-0.3, -0.25) is 19.2 Å². The number of amides is 4. The minimum atomic E-state index is -1.01. The SMILES string of the molecule is CCC1CC2CC(C)CC(C(=O)N[C@@H](C)C(=O)N(C)[C@@H](CC(C)(C)C)C(=O)N3C[C@]4(C[C@H]3C#N)C(=O)Nc3ccccc34)(C1)C2. The fourth-order valence-electron chi connectivity index (χ4n) is 9.10. The van der Waals surface area contributed by atoms with Crippen molar-refractivity contribution in [3.8, 4) is 6.07 Å². The van der Waals surface area contributed by atoms with Gasteiger partial charge in [-0.15, -0.1) is 0 Å². The molecule has 4 amide bonds. The number of para-hydroxylation sites is 1. The van der Waals surface area contributed by atoms with Gasteiger partial charge in [-0.25, -0.2) is 0 Å². The summed E-state index contributed by atoms with van der Waals surface area (Å²) in [5.41, 5.74) is -0.269. The summed E-state index contributed by atoms with van der Waals surface area (Å²) < 4.78 is 0. The number of carbonyl (C=O) groups excluding carboxylic acids is 4. The van der Waals surface area contributed by atoms with E-state index in [2.05, 4.69) is 30.6 Å². The van der Waals surface area contributed by atoms with Gasteiger partial charge in [0.05, 0.1) is 11.5 Å². The molecule has 1 aromatic rings. The van der Waals surface area contributed by atoms with Gasteiger partial charge in [0.15, 0.2) is 0 Å². The smallest absolute Gasteiger partial charge is 0.246 e. The highest BCUT2D eigenvalue weighted by molar-refractivity contribution is 6.07. The van der Waals surface area contributed by atoms with Crippen molar-refractivity contribution in [3.05, 3.63) is 29.8 Å². The zero-order chi connectivity index (χ0) is 32.9. The zero-order valence-corrected chi connectivity index (χ0v) is 28.1. The molecule has 2 aliphatic heterocycles. The maximum atomic E-state index is 14.4. The molecule has 9 nitrogen and oxygen atoms in total. The molecule has 5 rings (SSSR count). The highest BCUT2D eigenvalue weighted by Crippen LogP contribution is 2.53. The number of likely N-dealkylation sites (tertiary alicyclic amines) is 1. The van der Waals surface area contributed by atoms with Gasteiger partial charge in [0, 0.05) is 31.1 Å². The van der Waals surface area contributed by atoms with Crippen LogP contribution in [0.1, 0.15) is 98.5 Å². The maximum absolute atomic E-state index is 14.4. The lowest BCUT2D eigenvalue weighted by atomic mass is 9.56. The Balaban J connectivity index is 1.36. The Kier molecular flexibility index (Phi) is 8.85. The molecule has 1 saturated heterocycles. The first kappa shape index (κ1) is 33.0. The van der Waals surface area contributed by atoms with E-state index in [1.54, 1.807) is 14.0 Å². The second-order valence-corrected chi connectivity index (χ2v) is 15.9. The molecule has 2 N–H and O–H groups in total. The number of nitriles is 1. The molecule has 2 saturated carbocycles. The van der Waals surface area contributed by atoms with E-state index in [9.17, 15) is 24.4 Å². The van der Waals surface area contributed by atoms with Crippen LogP contribution >= 0.6 is 0 Å². The molecular weight excluding hydrogens is 566 g/mol. The Bertz CT molecular complexity index is 1390. The van der Waals surface area contributed by atoms with Crippen LogP contribution in [0.5, 0.6) is 0 Å². The summed E-state index contributed by atoms with van der Waals surface area (Å²) in [7, 11) is 1.62. The van der Waals surface area contributed by atoms with E-state index in [4.69, 9.17) is 0 Å². The average molecular weight is 618 g/mol. The van der Waals surface area contributed by atoms with Crippen LogP contribution in [0.4, 0.5) is 5.69 Å². The molecule has 4 unspecified atom stereocenters. The molecule has 2 aliphatic carbocycles. The number of nitrogens with one attached hydrogen (secondary N) is 2. The molecule has 2 bridgehead atoms. The first-order valence-electron chi connectivity index (χ1n) is 16.8. The molecule has 8 atom stereocenters. The fourth-order valence-corrected chi connectivity index (χ4v) is 9.10. The third-order valence-corrected chi connectivity index (χ3v) is 11.1. The van der Waals surface area contributed by atoms with Gasteiger partial charge in [-0.05, 0) is 80.2 Å². The van der Waals surface area contributed by atoms with Gasteiger partial charge >= 0.3 is 0 Å². The van der Waals surface area contributed by atoms with Gasteiger partial charge in [0.25, 0.3) is 0 Å². The quantitative estimate of drug-likeness (QED) is 0.445. The van der Waals surface area contributed by atoms with Gasteiger partial charge in [-0.2, -0.15) is 5.26 Å². The van der Waals surface area contributed by atoms with Crippen molar-refractivity contribution in [2.24, 2.45) is 28.6 Å². The summed E-state index contributed by atoms with van der Waals surface area (Å²) in [6.45, 7) is 12.2. The Morgan fingerprint density at radius 3 is 2.53 bits per heavy atom. The Labute approximate surface area is 268 Å². The molecule has 244 valence electrons. The van der Waals surface area contributed by atoms with Crippen LogP contribution in [0.3, 0.4) is 0 Å². The Morgan fingerprint density at radius 1 is 1.16 bits per heavy atom.